The fourth-order valence-corrected chi connectivity index (χ4v) is 4.72. The molecule has 0 amide bonds. The number of ether oxygens (including phenoxy) is 1. The van der Waals surface area contributed by atoms with Gasteiger partial charge in [-0.25, -0.2) is 9.78 Å². The second-order valence-corrected chi connectivity index (χ2v) is 10.6. The summed E-state index contributed by atoms with van der Waals surface area (Å²) in [4.78, 5) is 29.3. The standard InChI is InChI=1S/C26H23BrF3NO4S/c1-14(2)21-22(36-23(31-21)16-7-9-17(10-8-16)26(28,29)30)19(32)11-5-15-6-12-20(18(27)13-15)35-25(3,4)24(33)34/h5-14H,1-4H3,(H,33,34)/b11-5+. The van der Waals surface area contributed by atoms with Gasteiger partial charge in [0.25, 0.3) is 0 Å². The van der Waals surface area contributed by atoms with E-state index in [1.165, 1.54) is 32.1 Å². The summed E-state index contributed by atoms with van der Waals surface area (Å²) < 4.78 is 44.7. The maximum absolute atomic E-state index is 13.0. The smallest absolute Gasteiger partial charge is 0.416 e. The van der Waals surface area contributed by atoms with Crippen LogP contribution in [-0.4, -0.2) is 27.4 Å². The lowest BCUT2D eigenvalue weighted by Gasteiger charge is -2.22. The summed E-state index contributed by atoms with van der Waals surface area (Å²) in [6.45, 7) is 6.66. The number of hydrogen-bond donors (Lipinski definition) is 1. The number of ketones is 1. The number of rotatable bonds is 8. The van der Waals surface area contributed by atoms with E-state index < -0.39 is 23.3 Å². The van der Waals surface area contributed by atoms with Crippen molar-refractivity contribution in [3.63, 3.8) is 0 Å². The van der Waals surface area contributed by atoms with E-state index in [9.17, 15) is 27.9 Å². The minimum absolute atomic E-state index is 0.0695. The van der Waals surface area contributed by atoms with Crippen LogP contribution in [0.2, 0.25) is 0 Å². The van der Waals surface area contributed by atoms with Crippen molar-refractivity contribution < 1.29 is 32.6 Å². The molecule has 36 heavy (non-hydrogen) atoms. The highest BCUT2D eigenvalue weighted by Crippen LogP contribution is 2.35. The lowest BCUT2D eigenvalue weighted by atomic mass is 10.1. The van der Waals surface area contributed by atoms with E-state index in [-0.39, 0.29) is 11.7 Å². The van der Waals surface area contributed by atoms with Crippen LogP contribution in [0.3, 0.4) is 0 Å². The van der Waals surface area contributed by atoms with Crippen LogP contribution in [0, 0.1) is 0 Å². The first-order valence-electron chi connectivity index (χ1n) is 10.8. The Morgan fingerprint density at radius 1 is 1.11 bits per heavy atom. The number of carboxylic acids is 1. The van der Waals surface area contributed by atoms with Gasteiger partial charge in [0.05, 0.1) is 20.6 Å². The molecule has 1 aromatic heterocycles. The second-order valence-electron chi connectivity index (χ2n) is 8.77. The Morgan fingerprint density at radius 3 is 2.28 bits per heavy atom. The Hall–Kier alpha value is -2.98. The van der Waals surface area contributed by atoms with Crippen molar-refractivity contribution in [2.45, 2.75) is 45.4 Å². The number of benzene rings is 2. The minimum atomic E-state index is -4.43. The van der Waals surface area contributed by atoms with Gasteiger partial charge >= 0.3 is 12.1 Å². The molecule has 3 rings (SSSR count). The van der Waals surface area contributed by atoms with Gasteiger partial charge in [0.15, 0.2) is 11.4 Å². The number of halogens is 4. The molecular weight excluding hydrogens is 559 g/mol. The van der Waals surface area contributed by atoms with Crippen molar-refractivity contribution >= 4 is 45.1 Å². The number of nitrogens with zero attached hydrogens (tertiary/aromatic N) is 1. The van der Waals surface area contributed by atoms with Gasteiger partial charge in [-0.1, -0.05) is 38.1 Å². The van der Waals surface area contributed by atoms with Crippen molar-refractivity contribution in [2.75, 3.05) is 0 Å². The van der Waals surface area contributed by atoms with Crippen LogP contribution in [0.15, 0.2) is 53.0 Å². The molecule has 5 nitrogen and oxygen atoms in total. The highest BCUT2D eigenvalue weighted by Gasteiger charge is 2.31. The average molecular weight is 582 g/mol. The number of carbonyl (C=O) groups excluding carboxylic acids is 1. The van der Waals surface area contributed by atoms with Crippen molar-refractivity contribution in [3.05, 3.63) is 74.7 Å². The highest BCUT2D eigenvalue weighted by atomic mass is 79.9. The lowest BCUT2D eigenvalue weighted by molar-refractivity contribution is -0.152. The summed E-state index contributed by atoms with van der Waals surface area (Å²) in [7, 11) is 0. The first kappa shape index (κ1) is 27.6. The van der Waals surface area contributed by atoms with Gasteiger partial charge in [0, 0.05) is 5.56 Å². The summed E-state index contributed by atoms with van der Waals surface area (Å²) in [5.74, 6) is -1.11. The predicted octanol–water partition coefficient (Wildman–Crippen LogP) is 7.85. The second kappa shape index (κ2) is 10.6. The third kappa shape index (κ3) is 6.41. The maximum atomic E-state index is 13.0. The van der Waals surface area contributed by atoms with Gasteiger partial charge in [0.2, 0.25) is 0 Å². The van der Waals surface area contributed by atoms with Crippen LogP contribution < -0.4 is 4.74 Å². The zero-order valence-electron chi connectivity index (χ0n) is 19.8. The molecule has 0 radical (unpaired) electrons. The number of carboxylic acid groups (broad SMARTS) is 1. The largest absolute Gasteiger partial charge is 0.478 e. The Morgan fingerprint density at radius 2 is 1.75 bits per heavy atom. The Kier molecular flexibility index (Phi) is 8.10. The Bertz CT molecular complexity index is 1310. The van der Waals surface area contributed by atoms with Crippen LogP contribution in [0.5, 0.6) is 5.75 Å². The zero-order chi connectivity index (χ0) is 26.8. The normalized spacial score (nSPS) is 12.4. The molecule has 1 N–H and O–H groups in total. The fourth-order valence-electron chi connectivity index (χ4n) is 3.09. The number of hydrogen-bond acceptors (Lipinski definition) is 5. The Balaban J connectivity index is 1.84. The van der Waals surface area contributed by atoms with Crippen molar-refractivity contribution in [3.8, 4) is 16.3 Å². The zero-order valence-corrected chi connectivity index (χ0v) is 22.2. The topological polar surface area (TPSA) is 76.5 Å². The van der Waals surface area contributed by atoms with E-state index in [4.69, 9.17) is 4.74 Å². The van der Waals surface area contributed by atoms with Gasteiger partial charge < -0.3 is 9.84 Å². The maximum Gasteiger partial charge on any atom is 0.416 e. The summed E-state index contributed by atoms with van der Waals surface area (Å²) in [6, 6.07) is 9.68. The molecule has 0 spiro atoms. The van der Waals surface area contributed by atoms with Crippen molar-refractivity contribution in [1.29, 1.82) is 0 Å². The number of aromatic nitrogens is 1. The van der Waals surface area contributed by atoms with Gasteiger partial charge in [-0.3, -0.25) is 4.79 Å². The first-order valence-corrected chi connectivity index (χ1v) is 12.4. The van der Waals surface area contributed by atoms with Crippen LogP contribution in [-0.2, 0) is 11.0 Å². The number of alkyl halides is 3. The molecule has 0 aliphatic heterocycles. The molecule has 0 bridgehead atoms. The van der Waals surface area contributed by atoms with E-state index in [0.29, 0.717) is 36.9 Å². The first-order chi connectivity index (χ1) is 16.7. The lowest BCUT2D eigenvalue weighted by Crippen LogP contribution is -2.37. The number of allylic oxidation sites excluding steroid dienone is 1. The summed E-state index contributed by atoms with van der Waals surface area (Å²) >= 11 is 4.50. The molecule has 10 heteroatoms. The molecule has 0 atom stereocenters. The fraction of sp³-hybridized carbons (Fsp3) is 0.269. The third-order valence-corrected chi connectivity index (χ3v) is 6.90. The molecule has 3 aromatic rings. The van der Waals surface area contributed by atoms with E-state index in [1.807, 2.05) is 13.8 Å². The molecule has 190 valence electrons. The van der Waals surface area contributed by atoms with Gasteiger partial charge in [0.1, 0.15) is 10.8 Å². The summed E-state index contributed by atoms with van der Waals surface area (Å²) in [5.41, 5.74) is -0.415. The molecule has 0 unspecified atom stereocenters. The van der Waals surface area contributed by atoms with E-state index in [2.05, 4.69) is 20.9 Å². The molecule has 0 saturated carbocycles. The molecule has 1 heterocycles. The van der Waals surface area contributed by atoms with Crippen LogP contribution >= 0.6 is 27.3 Å². The molecule has 0 aliphatic rings. The van der Waals surface area contributed by atoms with E-state index >= 15 is 0 Å². The summed E-state index contributed by atoms with van der Waals surface area (Å²) in [5, 5.41) is 9.71. The van der Waals surface area contributed by atoms with Crippen molar-refractivity contribution in [2.24, 2.45) is 0 Å². The molecule has 2 aromatic carbocycles. The highest BCUT2D eigenvalue weighted by molar-refractivity contribution is 9.10. The van der Waals surface area contributed by atoms with Gasteiger partial charge in [-0.05, 0) is 71.6 Å². The quantitative estimate of drug-likeness (QED) is 0.216. The molecule has 0 saturated heterocycles. The Labute approximate surface area is 218 Å². The van der Waals surface area contributed by atoms with E-state index in [1.54, 1.807) is 24.3 Å². The van der Waals surface area contributed by atoms with Crippen molar-refractivity contribution in [1.82, 2.24) is 4.98 Å². The van der Waals surface area contributed by atoms with Crippen LogP contribution in [0.4, 0.5) is 13.2 Å². The predicted molar refractivity (Wildman–Crippen MR) is 136 cm³/mol. The number of aliphatic carboxylic acids is 1. The number of thiazole rings is 1. The minimum Gasteiger partial charge on any atom is -0.478 e. The molecule has 0 aliphatic carbocycles. The molecular formula is C26H23BrF3NO4S. The third-order valence-electron chi connectivity index (χ3n) is 5.15. The average Bonchev–Trinajstić information content (AvgIpc) is 3.24. The monoisotopic (exact) mass is 581 g/mol. The molecule has 0 fully saturated rings. The summed E-state index contributed by atoms with van der Waals surface area (Å²) in [6.07, 6.45) is -1.41. The van der Waals surface area contributed by atoms with Crippen LogP contribution in [0.1, 0.15) is 60.1 Å². The van der Waals surface area contributed by atoms with Gasteiger partial charge in [-0.2, -0.15) is 13.2 Å². The SMILES string of the molecule is CC(C)c1nc(-c2ccc(C(F)(F)F)cc2)sc1C(=O)/C=C/c1ccc(OC(C)(C)C(=O)O)c(Br)c1. The van der Waals surface area contributed by atoms with Crippen LogP contribution in [0.25, 0.3) is 16.6 Å². The van der Waals surface area contributed by atoms with E-state index in [0.717, 1.165) is 23.5 Å². The number of carbonyl (C=O) groups is 2. The van der Waals surface area contributed by atoms with Gasteiger partial charge in [-0.15, -0.1) is 11.3 Å².